The van der Waals surface area contributed by atoms with Gasteiger partial charge in [-0.2, -0.15) is 0 Å². The van der Waals surface area contributed by atoms with Crippen LogP contribution in [0.15, 0.2) is 18.2 Å². The molecular formula is C9H14ClNOSi. The molecule has 0 saturated heterocycles. The Morgan fingerprint density at radius 1 is 1.31 bits per heavy atom. The fourth-order valence-corrected chi connectivity index (χ4v) is 2.06. The van der Waals surface area contributed by atoms with E-state index in [4.69, 9.17) is 21.8 Å². The van der Waals surface area contributed by atoms with E-state index in [0.29, 0.717) is 16.5 Å². The molecule has 0 spiro atoms. The molecule has 0 aromatic heterocycles. The van der Waals surface area contributed by atoms with Crippen molar-refractivity contribution < 1.29 is 4.43 Å². The highest BCUT2D eigenvalue weighted by atomic mass is 35.5. The van der Waals surface area contributed by atoms with Gasteiger partial charge in [0.15, 0.2) is 0 Å². The van der Waals surface area contributed by atoms with Crippen LogP contribution in [0.3, 0.4) is 0 Å². The van der Waals surface area contributed by atoms with Crippen molar-refractivity contribution in [2.45, 2.75) is 19.6 Å². The molecule has 0 radical (unpaired) electrons. The molecule has 0 unspecified atom stereocenters. The maximum atomic E-state index is 5.95. The minimum Gasteiger partial charge on any atom is -0.542 e. The highest BCUT2D eigenvalue weighted by Crippen LogP contribution is 2.32. The molecular weight excluding hydrogens is 202 g/mol. The average molecular weight is 216 g/mol. The lowest BCUT2D eigenvalue weighted by Gasteiger charge is -2.21. The maximum absolute atomic E-state index is 5.95. The molecule has 13 heavy (non-hydrogen) atoms. The highest BCUT2D eigenvalue weighted by Gasteiger charge is 2.19. The molecule has 0 fully saturated rings. The number of anilines is 1. The molecule has 4 heteroatoms. The Bertz CT molecular complexity index is 289. The lowest BCUT2D eigenvalue weighted by atomic mass is 10.3. The van der Waals surface area contributed by atoms with Crippen molar-refractivity contribution in [2.75, 3.05) is 5.73 Å². The summed E-state index contributed by atoms with van der Waals surface area (Å²) in [6.45, 7) is 6.28. The van der Waals surface area contributed by atoms with Gasteiger partial charge in [-0.05, 0) is 31.8 Å². The van der Waals surface area contributed by atoms with E-state index in [1.54, 1.807) is 12.1 Å². The van der Waals surface area contributed by atoms with E-state index in [-0.39, 0.29) is 0 Å². The Morgan fingerprint density at radius 2 is 1.92 bits per heavy atom. The van der Waals surface area contributed by atoms with E-state index in [1.165, 1.54) is 0 Å². The molecule has 1 aromatic carbocycles. The zero-order chi connectivity index (χ0) is 10.1. The van der Waals surface area contributed by atoms with Gasteiger partial charge < -0.3 is 10.2 Å². The van der Waals surface area contributed by atoms with Crippen LogP contribution < -0.4 is 10.2 Å². The summed E-state index contributed by atoms with van der Waals surface area (Å²) < 4.78 is 5.75. The molecule has 0 bridgehead atoms. The fourth-order valence-electron chi connectivity index (χ4n) is 0.939. The minimum absolute atomic E-state index is 0.586. The van der Waals surface area contributed by atoms with E-state index < -0.39 is 8.32 Å². The van der Waals surface area contributed by atoms with Gasteiger partial charge in [-0.25, -0.2) is 0 Å². The normalized spacial score (nSPS) is 11.4. The van der Waals surface area contributed by atoms with E-state index in [2.05, 4.69) is 19.6 Å². The third-order valence-corrected chi connectivity index (χ3v) is 2.52. The number of halogens is 1. The van der Waals surface area contributed by atoms with Crippen LogP contribution in [0.25, 0.3) is 0 Å². The summed E-state index contributed by atoms with van der Waals surface area (Å²) in [6, 6.07) is 5.39. The smallest absolute Gasteiger partial charge is 0.242 e. The molecule has 72 valence electrons. The van der Waals surface area contributed by atoms with Gasteiger partial charge in [0.1, 0.15) is 5.75 Å². The predicted molar refractivity (Wildman–Crippen MR) is 59.8 cm³/mol. The van der Waals surface area contributed by atoms with Crippen molar-refractivity contribution in [1.29, 1.82) is 0 Å². The van der Waals surface area contributed by atoms with Crippen molar-refractivity contribution in [3.8, 4) is 5.75 Å². The number of hydrogen-bond acceptors (Lipinski definition) is 2. The molecule has 2 nitrogen and oxygen atoms in total. The fraction of sp³-hybridized carbons (Fsp3) is 0.333. The Kier molecular flexibility index (Phi) is 2.88. The first kappa shape index (κ1) is 10.4. The first-order chi connectivity index (χ1) is 5.90. The zero-order valence-corrected chi connectivity index (χ0v) is 9.85. The number of benzene rings is 1. The number of para-hydroxylation sites is 1. The summed E-state index contributed by atoms with van der Waals surface area (Å²) in [5, 5.41) is 0.586. The minimum atomic E-state index is -1.63. The van der Waals surface area contributed by atoms with E-state index in [0.717, 1.165) is 0 Å². The van der Waals surface area contributed by atoms with Crippen LogP contribution in [-0.2, 0) is 0 Å². The number of rotatable bonds is 2. The SMILES string of the molecule is C[Si](C)(C)Oc1c(N)cccc1Cl. The summed E-state index contributed by atoms with van der Waals surface area (Å²) in [5.74, 6) is 0.628. The molecule has 0 heterocycles. The van der Waals surface area contributed by atoms with E-state index >= 15 is 0 Å². The van der Waals surface area contributed by atoms with Crippen LogP contribution in [0.2, 0.25) is 24.7 Å². The first-order valence-corrected chi connectivity index (χ1v) is 7.92. The molecule has 0 aliphatic heterocycles. The average Bonchev–Trinajstić information content (AvgIpc) is 1.95. The Hall–Kier alpha value is -0.673. The van der Waals surface area contributed by atoms with Crippen LogP contribution in [-0.4, -0.2) is 8.32 Å². The summed E-state index contributed by atoms with van der Waals surface area (Å²) in [4.78, 5) is 0. The van der Waals surface area contributed by atoms with Crippen molar-refractivity contribution >= 4 is 25.6 Å². The van der Waals surface area contributed by atoms with Gasteiger partial charge in [-0.1, -0.05) is 17.7 Å². The van der Waals surface area contributed by atoms with Gasteiger partial charge in [0.25, 0.3) is 0 Å². The molecule has 1 aromatic rings. The Morgan fingerprint density at radius 3 is 2.38 bits per heavy atom. The topological polar surface area (TPSA) is 35.2 Å². The molecule has 0 saturated carbocycles. The lowest BCUT2D eigenvalue weighted by Crippen LogP contribution is -2.29. The maximum Gasteiger partial charge on any atom is 0.242 e. The summed E-state index contributed by atoms with van der Waals surface area (Å²) >= 11 is 5.95. The Balaban J connectivity index is 3.00. The first-order valence-electron chi connectivity index (χ1n) is 4.13. The molecule has 1 rings (SSSR count). The van der Waals surface area contributed by atoms with Gasteiger partial charge >= 0.3 is 0 Å². The van der Waals surface area contributed by atoms with Gasteiger partial charge in [-0.15, -0.1) is 0 Å². The van der Waals surface area contributed by atoms with Crippen LogP contribution in [0, 0.1) is 0 Å². The predicted octanol–water partition coefficient (Wildman–Crippen LogP) is 3.14. The monoisotopic (exact) mass is 215 g/mol. The number of nitrogen functional groups attached to an aromatic ring is 1. The second kappa shape index (κ2) is 3.60. The quantitative estimate of drug-likeness (QED) is 0.608. The largest absolute Gasteiger partial charge is 0.542 e. The summed E-state index contributed by atoms with van der Waals surface area (Å²) in [5.41, 5.74) is 6.35. The van der Waals surface area contributed by atoms with Crippen LogP contribution in [0.4, 0.5) is 5.69 Å². The molecule has 0 atom stereocenters. The van der Waals surface area contributed by atoms with Crippen molar-refractivity contribution in [3.63, 3.8) is 0 Å². The van der Waals surface area contributed by atoms with E-state index in [9.17, 15) is 0 Å². The second-order valence-corrected chi connectivity index (χ2v) is 8.71. The van der Waals surface area contributed by atoms with Crippen LogP contribution in [0.1, 0.15) is 0 Å². The molecule has 0 aliphatic carbocycles. The zero-order valence-electron chi connectivity index (χ0n) is 8.10. The highest BCUT2D eigenvalue weighted by molar-refractivity contribution is 6.70. The molecule has 0 amide bonds. The van der Waals surface area contributed by atoms with Crippen LogP contribution >= 0.6 is 11.6 Å². The molecule has 2 N–H and O–H groups in total. The van der Waals surface area contributed by atoms with E-state index in [1.807, 2.05) is 6.07 Å². The second-order valence-electron chi connectivity index (χ2n) is 3.87. The van der Waals surface area contributed by atoms with Crippen molar-refractivity contribution in [2.24, 2.45) is 0 Å². The van der Waals surface area contributed by atoms with Gasteiger partial charge in [-0.3, -0.25) is 0 Å². The molecule has 0 aliphatic rings. The third kappa shape index (κ3) is 2.93. The number of hydrogen-bond donors (Lipinski definition) is 1. The van der Waals surface area contributed by atoms with Gasteiger partial charge in [0, 0.05) is 0 Å². The number of nitrogens with two attached hydrogens (primary N) is 1. The Labute approximate surface area is 84.8 Å². The van der Waals surface area contributed by atoms with Crippen LogP contribution in [0.5, 0.6) is 5.75 Å². The summed E-state index contributed by atoms with van der Waals surface area (Å²) in [7, 11) is -1.63. The lowest BCUT2D eigenvalue weighted by molar-refractivity contribution is 0.560. The summed E-state index contributed by atoms with van der Waals surface area (Å²) in [6.07, 6.45) is 0. The third-order valence-electron chi connectivity index (χ3n) is 1.41. The van der Waals surface area contributed by atoms with Gasteiger partial charge in [0.05, 0.1) is 10.7 Å². The van der Waals surface area contributed by atoms with Crippen molar-refractivity contribution in [1.82, 2.24) is 0 Å². The van der Waals surface area contributed by atoms with Crippen molar-refractivity contribution in [3.05, 3.63) is 23.2 Å². The standard InChI is InChI=1S/C9H14ClNOSi/c1-13(2,3)12-9-7(10)5-4-6-8(9)11/h4-6H,11H2,1-3H3. The van der Waals surface area contributed by atoms with Gasteiger partial charge in [0.2, 0.25) is 8.32 Å².